The molecule has 126 valence electrons. The Morgan fingerprint density at radius 1 is 1.30 bits per heavy atom. The minimum atomic E-state index is -4.57. The molecule has 1 saturated carbocycles. The molecule has 6 nitrogen and oxygen atoms in total. The molecule has 1 saturated heterocycles. The van der Waals surface area contributed by atoms with Gasteiger partial charge in [0.05, 0.1) is 6.04 Å². The van der Waals surface area contributed by atoms with Gasteiger partial charge in [0.15, 0.2) is 5.69 Å². The van der Waals surface area contributed by atoms with Crippen molar-refractivity contribution in [3.05, 3.63) is 17.5 Å². The average molecular weight is 330 g/mol. The van der Waals surface area contributed by atoms with Crippen LogP contribution >= 0.6 is 0 Å². The van der Waals surface area contributed by atoms with Crippen molar-refractivity contribution in [3.8, 4) is 0 Å². The third kappa shape index (κ3) is 3.32. The van der Waals surface area contributed by atoms with Crippen LogP contribution in [0.1, 0.15) is 47.9 Å². The number of hydrogen-bond acceptors (Lipinski definition) is 3. The fraction of sp³-hybridized carbons (Fsp3) is 0.643. The Balaban J connectivity index is 1.79. The van der Waals surface area contributed by atoms with Gasteiger partial charge < -0.3 is 10.6 Å². The Labute approximate surface area is 130 Å². The first-order valence-electron chi connectivity index (χ1n) is 7.50. The lowest BCUT2D eigenvalue weighted by atomic mass is 10.1. The van der Waals surface area contributed by atoms with Gasteiger partial charge in [0.1, 0.15) is 5.69 Å². The van der Waals surface area contributed by atoms with Crippen LogP contribution in [0.3, 0.4) is 0 Å². The van der Waals surface area contributed by atoms with Gasteiger partial charge in [-0.1, -0.05) is 0 Å². The minimum absolute atomic E-state index is 0.0282. The van der Waals surface area contributed by atoms with Gasteiger partial charge in [0.25, 0.3) is 5.91 Å². The number of aromatic nitrogens is 2. The van der Waals surface area contributed by atoms with E-state index in [1.54, 1.807) is 0 Å². The van der Waals surface area contributed by atoms with E-state index in [9.17, 15) is 22.8 Å². The Kier molecular flexibility index (Phi) is 3.81. The standard InChI is InChI=1S/C14H17F3N4O2/c15-14(16,17)11-6-10(21(19-11)9-1-2-9)13(23)20-4-3-8(7-20)5-12(18)22/h6,8-9H,1-5,7H2,(H2,18,22). The maximum absolute atomic E-state index is 12.9. The van der Waals surface area contributed by atoms with Crippen LogP contribution in [0.15, 0.2) is 6.07 Å². The molecule has 1 atom stereocenters. The highest BCUT2D eigenvalue weighted by Gasteiger charge is 2.40. The second kappa shape index (κ2) is 5.54. The van der Waals surface area contributed by atoms with Crippen molar-refractivity contribution < 1.29 is 22.8 Å². The molecule has 0 aromatic carbocycles. The number of alkyl halides is 3. The van der Waals surface area contributed by atoms with E-state index in [1.165, 1.54) is 9.58 Å². The number of amides is 2. The number of primary amides is 1. The zero-order chi connectivity index (χ0) is 16.8. The second-order valence-corrected chi connectivity index (χ2v) is 6.16. The SMILES string of the molecule is NC(=O)CC1CCN(C(=O)c2cc(C(F)(F)F)nn2C2CC2)C1. The minimum Gasteiger partial charge on any atom is -0.370 e. The molecular formula is C14H17F3N4O2. The molecule has 9 heteroatoms. The summed E-state index contributed by atoms with van der Waals surface area (Å²) in [6.07, 6.45) is -2.32. The van der Waals surface area contributed by atoms with E-state index in [4.69, 9.17) is 5.73 Å². The van der Waals surface area contributed by atoms with Crippen molar-refractivity contribution in [3.63, 3.8) is 0 Å². The Morgan fingerprint density at radius 2 is 2.00 bits per heavy atom. The second-order valence-electron chi connectivity index (χ2n) is 6.16. The molecule has 3 rings (SSSR count). The molecule has 1 aromatic heterocycles. The summed E-state index contributed by atoms with van der Waals surface area (Å²) in [5.41, 5.74) is 4.08. The van der Waals surface area contributed by atoms with E-state index in [-0.39, 0.29) is 24.1 Å². The number of carbonyl (C=O) groups is 2. The molecule has 2 fully saturated rings. The maximum atomic E-state index is 12.9. The molecule has 0 spiro atoms. The predicted octanol–water partition coefficient (Wildman–Crippen LogP) is 1.57. The molecule has 0 radical (unpaired) electrons. The summed E-state index contributed by atoms with van der Waals surface area (Å²) in [6.45, 7) is 0.743. The quantitative estimate of drug-likeness (QED) is 0.910. The number of halogens is 3. The van der Waals surface area contributed by atoms with Crippen molar-refractivity contribution in [2.45, 2.75) is 37.9 Å². The van der Waals surface area contributed by atoms with Crippen LogP contribution in [0.5, 0.6) is 0 Å². The zero-order valence-electron chi connectivity index (χ0n) is 12.3. The number of carbonyl (C=O) groups excluding carboxylic acids is 2. The van der Waals surface area contributed by atoms with E-state index in [2.05, 4.69) is 5.10 Å². The lowest BCUT2D eigenvalue weighted by Crippen LogP contribution is -2.31. The summed E-state index contributed by atoms with van der Waals surface area (Å²) in [6, 6.07) is 0.691. The molecule has 1 unspecified atom stereocenters. The Morgan fingerprint density at radius 3 is 2.57 bits per heavy atom. The van der Waals surface area contributed by atoms with Crippen LogP contribution in [0.25, 0.3) is 0 Å². The largest absolute Gasteiger partial charge is 0.435 e. The highest BCUT2D eigenvalue weighted by Crippen LogP contribution is 2.38. The first kappa shape index (κ1) is 15.8. The fourth-order valence-electron chi connectivity index (χ4n) is 2.92. The van der Waals surface area contributed by atoms with E-state index >= 15 is 0 Å². The first-order chi connectivity index (χ1) is 10.8. The monoisotopic (exact) mass is 330 g/mol. The highest BCUT2D eigenvalue weighted by atomic mass is 19.4. The third-order valence-electron chi connectivity index (χ3n) is 4.20. The molecule has 0 bridgehead atoms. The topological polar surface area (TPSA) is 81.2 Å². The number of hydrogen-bond donors (Lipinski definition) is 1. The van der Waals surface area contributed by atoms with Crippen LogP contribution in [0, 0.1) is 5.92 Å². The molecule has 1 aliphatic heterocycles. The van der Waals surface area contributed by atoms with E-state index in [0.29, 0.717) is 19.5 Å². The molecule has 2 amide bonds. The van der Waals surface area contributed by atoms with Gasteiger partial charge in [-0.25, -0.2) is 0 Å². The molecule has 2 N–H and O–H groups in total. The van der Waals surface area contributed by atoms with Crippen molar-refractivity contribution in [1.82, 2.24) is 14.7 Å². The van der Waals surface area contributed by atoms with Crippen LogP contribution in [0.2, 0.25) is 0 Å². The summed E-state index contributed by atoms with van der Waals surface area (Å²) >= 11 is 0. The summed E-state index contributed by atoms with van der Waals surface area (Å²) in [5.74, 6) is -0.936. The fourth-order valence-corrected chi connectivity index (χ4v) is 2.92. The normalized spacial score (nSPS) is 21.7. The zero-order valence-corrected chi connectivity index (χ0v) is 12.3. The van der Waals surface area contributed by atoms with Crippen molar-refractivity contribution >= 4 is 11.8 Å². The molecule has 2 aliphatic rings. The van der Waals surface area contributed by atoms with E-state index in [1.807, 2.05) is 0 Å². The molecule has 1 aromatic rings. The molecule has 2 heterocycles. The van der Waals surface area contributed by atoms with Crippen molar-refractivity contribution in [2.75, 3.05) is 13.1 Å². The molecule has 1 aliphatic carbocycles. The molecular weight excluding hydrogens is 313 g/mol. The van der Waals surface area contributed by atoms with Crippen LogP contribution in [-0.4, -0.2) is 39.6 Å². The third-order valence-corrected chi connectivity index (χ3v) is 4.20. The van der Waals surface area contributed by atoms with Gasteiger partial charge in [0, 0.05) is 25.6 Å². The number of likely N-dealkylation sites (tertiary alicyclic amines) is 1. The van der Waals surface area contributed by atoms with Gasteiger partial charge in [-0.2, -0.15) is 18.3 Å². The van der Waals surface area contributed by atoms with Gasteiger partial charge in [-0.15, -0.1) is 0 Å². The van der Waals surface area contributed by atoms with Crippen LogP contribution in [0.4, 0.5) is 13.2 Å². The van der Waals surface area contributed by atoms with Crippen LogP contribution in [-0.2, 0) is 11.0 Å². The summed E-state index contributed by atoms with van der Waals surface area (Å²) in [7, 11) is 0. The lowest BCUT2D eigenvalue weighted by molar-refractivity contribution is -0.141. The number of nitrogens with two attached hydrogens (primary N) is 1. The van der Waals surface area contributed by atoms with Gasteiger partial charge in [-0.05, 0) is 25.2 Å². The Bertz CT molecular complexity index is 636. The number of rotatable bonds is 4. The van der Waals surface area contributed by atoms with Crippen molar-refractivity contribution in [2.24, 2.45) is 11.7 Å². The summed E-state index contributed by atoms with van der Waals surface area (Å²) < 4.78 is 39.8. The highest BCUT2D eigenvalue weighted by molar-refractivity contribution is 5.93. The van der Waals surface area contributed by atoms with E-state index < -0.39 is 23.7 Å². The smallest absolute Gasteiger partial charge is 0.370 e. The predicted molar refractivity (Wildman–Crippen MR) is 73.3 cm³/mol. The van der Waals surface area contributed by atoms with Gasteiger partial charge >= 0.3 is 6.18 Å². The maximum Gasteiger partial charge on any atom is 0.435 e. The molecule has 23 heavy (non-hydrogen) atoms. The number of nitrogens with zero attached hydrogens (tertiary/aromatic N) is 3. The van der Waals surface area contributed by atoms with Gasteiger partial charge in [-0.3, -0.25) is 14.3 Å². The summed E-state index contributed by atoms with van der Waals surface area (Å²) in [4.78, 5) is 25.0. The first-order valence-corrected chi connectivity index (χ1v) is 7.50. The van der Waals surface area contributed by atoms with E-state index in [0.717, 1.165) is 18.9 Å². The lowest BCUT2D eigenvalue weighted by Gasteiger charge is -2.17. The Hall–Kier alpha value is -2.06. The van der Waals surface area contributed by atoms with Crippen molar-refractivity contribution in [1.29, 1.82) is 0 Å². The average Bonchev–Trinajstić information content (AvgIpc) is 3.00. The van der Waals surface area contributed by atoms with Crippen LogP contribution < -0.4 is 5.73 Å². The van der Waals surface area contributed by atoms with Gasteiger partial charge in [0.2, 0.25) is 5.91 Å². The summed E-state index contributed by atoms with van der Waals surface area (Å²) in [5, 5.41) is 3.57.